The number of pyridine rings is 1. The highest BCUT2D eigenvalue weighted by Crippen LogP contribution is 2.26. The molecule has 2 nitrogen and oxygen atoms in total. The maximum absolute atomic E-state index is 4.50. The Morgan fingerprint density at radius 3 is 2.80 bits per heavy atom. The minimum Gasteiger partial charge on any atom is -0.302 e. The van der Waals surface area contributed by atoms with E-state index in [1.54, 1.807) is 0 Å². The summed E-state index contributed by atoms with van der Waals surface area (Å²) in [6, 6.07) is 4.14. The third kappa shape index (κ3) is 2.10. The first-order valence-electron chi connectivity index (χ1n) is 5.47. The van der Waals surface area contributed by atoms with Gasteiger partial charge in [0, 0.05) is 19.3 Å². The molecule has 0 aromatic carbocycles. The second kappa shape index (κ2) is 4.15. The zero-order chi connectivity index (χ0) is 10.8. The van der Waals surface area contributed by atoms with Crippen LogP contribution in [0.2, 0.25) is 0 Å². The molecule has 0 fully saturated rings. The second-order valence-electron chi connectivity index (χ2n) is 4.42. The molecule has 1 aliphatic heterocycles. The van der Waals surface area contributed by atoms with Gasteiger partial charge in [0.2, 0.25) is 0 Å². The monoisotopic (exact) mass is 202 g/mol. The third-order valence-electron chi connectivity index (χ3n) is 3.06. The van der Waals surface area contributed by atoms with Gasteiger partial charge in [-0.3, -0.25) is 4.98 Å². The van der Waals surface area contributed by atoms with Gasteiger partial charge in [-0.15, -0.1) is 0 Å². The molecule has 0 aliphatic carbocycles. The van der Waals surface area contributed by atoms with Gasteiger partial charge in [-0.25, -0.2) is 0 Å². The molecule has 0 saturated heterocycles. The van der Waals surface area contributed by atoms with E-state index in [0.717, 1.165) is 19.5 Å². The fourth-order valence-corrected chi connectivity index (χ4v) is 2.22. The quantitative estimate of drug-likeness (QED) is 0.695. The minimum absolute atomic E-state index is 1.07. The highest BCUT2D eigenvalue weighted by atomic mass is 15.1. The molecule has 0 bridgehead atoms. The van der Waals surface area contributed by atoms with E-state index in [1.165, 1.54) is 22.4 Å². The van der Waals surface area contributed by atoms with Gasteiger partial charge in [-0.2, -0.15) is 0 Å². The van der Waals surface area contributed by atoms with E-state index in [0.29, 0.717) is 0 Å². The van der Waals surface area contributed by atoms with Crippen LogP contribution < -0.4 is 0 Å². The SMILES string of the molecule is CC1=C(c2ncccc2C)CCN(C)C1. The molecule has 1 aromatic rings. The number of aromatic nitrogens is 1. The van der Waals surface area contributed by atoms with Gasteiger partial charge in [0.05, 0.1) is 5.69 Å². The van der Waals surface area contributed by atoms with Crippen molar-refractivity contribution in [2.75, 3.05) is 20.1 Å². The fraction of sp³-hybridized carbons (Fsp3) is 0.462. The standard InChI is InChI=1S/C13H18N2/c1-10-5-4-7-14-13(10)12-6-8-15(3)9-11(12)2/h4-5,7H,6,8-9H2,1-3H3. The number of hydrogen-bond donors (Lipinski definition) is 0. The summed E-state index contributed by atoms with van der Waals surface area (Å²) in [6.07, 6.45) is 3.01. The molecule has 80 valence electrons. The van der Waals surface area contributed by atoms with Crippen LogP contribution in [0.25, 0.3) is 5.57 Å². The highest BCUT2D eigenvalue weighted by Gasteiger charge is 2.16. The zero-order valence-electron chi connectivity index (χ0n) is 9.75. The number of aryl methyl sites for hydroxylation is 1. The van der Waals surface area contributed by atoms with Crippen LogP contribution in [-0.4, -0.2) is 30.0 Å². The molecule has 0 atom stereocenters. The lowest BCUT2D eigenvalue weighted by Gasteiger charge is -2.26. The van der Waals surface area contributed by atoms with E-state index in [1.807, 2.05) is 12.3 Å². The predicted octanol–water partition coefficient (Wildman–Crippen LogP) is 2.50. The van der Waals surface area contributed by atoms with E-state index in [4.69, 9.17) is 0 Å². The Labute approximate surface area is 91.6 Å². The average molecular weight is 202 g/mol. The Hall–Kier alpha value is -1.15. The van der Waals surface area contributed by atoms with Crippen LogP contribution in [0.3, 0.4) is 0 Å². The van der Waals surface area contributed by atoms with Crippen molar-refractivity contribution in [2.24, 2.45) is 0 Å². The molecule has 15 heavy (non-hydrogen) atoms. The van der Waals surface area contributed by atoms with Crippen molar-refractivity contribution >= 4 is 5.57 Å². The summed E-state index contributed by atoms with van der Waals surface area (Å²) >= 11 is 0. The molecule has 1 aromatic heterocycles. The summed E-state index contributed by atoms with van der Waals surface area (Å²) in [7, 11) is 2.17. The lowest BCUT2D eigenvalue weighted by atomic mass is 9.96. The zero-order valence-corrected chi connectivity index (χ0v) is 9.75. The smallest absolute Gasteiger partial charge is 0.0691 e. The van der Waals surface area contributed by atoms with E-state index in [9.17, 15) is 0 Å². The van der Waals surface area contributed by atoms with Crippen molar-refractivity contribution in [3.63, 3.8) is 0 Å². The molecule has 2 heterocycles. The molecule has 0 spiro atoms. The molecular weight excluding hydrogens is 184 g/mol. The molecule has 2 heteroatoms. The van der Waals surface area contributed by atoms with Gasteiger partial charge in [0.25, 0.3) is 0 Å². The van der Waals surface area contributed by atoms with Crippen molar-refractivity contribution < 1.29 is 0 Å². The summed E-state index contributed by atoms with van der Waals surface area (Å²) in [5.41, 5.74) is 5.40. The lowest BCUT2D eigenvalue weighted by Crippen LogP contribution is -2.27. The summed E-state index contributed by atoms with van der Waals surface area (Å²) in [4.78, 5) is 6.86. The first-order chi connectivity index (χ1) is 7.18. The topological polar surface area (TPSA) is 16.1 Å². The van der Waals surface area contributed by atoms with Gasteiger partial charge in [0.1, 0.15) is 0 Å². The number of rotatable bonds is 1. The molecule has 0 radical (unpaired) electrons. The van der Waals surface area contributed by atoms with Crippen LogP contribution in [-0.2, 0) is 0 Å². The first kappa shape index (κ1) is 10.4. The van der Waals surface area contributed by atoms with Crippen molar-refractivity contribution in [2.45, 2.75) is 20.3 Å². The van der Waals surface area contributed by atoms with Gasteiger partial charge < -0.3 is 4.90 Å². The van der Waals surface area contributed by atoms with Gasteiger partial charge in [0.15, 0.2) is 0 Å². The minimum atomic E-state index is 1.07. The number of nitrogens with zero attached hydrogens (tertiary/aromatic N) is 2. The van der Waals surface area contributed by atoms with Crippen molar-refractivity contribution in [1.29, 1.82) is 0 Å². The lowest BCUT2D eigenvalue weighted by molar-refractivity contribution is 0.359. The van der Waals surface area contributed by atoms with E-state index in [2.05, 4.69) is 36.8 Å². The Balaban J connectivity index is 2.39. The van der Waals surface area contributed by atoms with Crippen molar-refractivity contribution in [1.82, 2.24) is 9.88 Å². The van der Waals surface area contributed by atoms with E-state index >= 15 is 0 Å². The highest BCUT2D eigenvalue weighted by molar-refractivity contribution is 5.69. The van der Waals surface area contributed by atoms with Crippen LogP contribution in [0.5, 0.6) is 0 Å². The third-order valence-corrected chi connectivity index (χ3v) is 3.06. The van der Waals surface area contributed by atoms with Gasteiger partial charge in [-0.05, 0) is 44.5 Å². The maximum Gasteiger partial charge on any atom is 0.0691 e. The van der Waals surface area contributed by atoms with E-state index < -0.39 is 0 Å². The average Bonchev–Trinajstić information content (AvgIpc) is 2.20. The Bertz CT molecular complexity index is 393. The molecule has 0 unspecified atom stereocenters. The normalized spacial score (nSPS) is 18.3. The van der Waals surface area contributed by atoms with E-state index in [-0.39, 0.29) is 0 Å². The predicted molar refractivity (Wildman–Crippen MR) is 63.7 cm³/mol. The summed E-state index contributed by atoms with van der Waals surface area (Å²) in [6.45, 7) is 6.58. The van der Waals surface area contributed by atoms with Crippen LogP contribution in [0.4, 0.5) is 0 Å². The van der Waals surface area contributed by atoms with Crippen LogP contribution in [0.1, 0.15) is 24.6 Å². The van der Waals surface area contributed by atoms with Crippen molar-refractivity contribution in [3.05, 3.63) is 35.2 Å². The van der Waals surface area contributed by atoms with Gasteiger partial charge >= 0.3 is 0 Å². The van der Waals surface area contributed by atoms with Crippen molar-refractivity contribution in [3.8, 4) is 0 Å². The molecule has 0 amide bonds. The van der Waals surface area contributed by atoms with Gasteiger partial charge in [-0.1, -0.05) is 11.6 Å². The molecule has 0 saturated carbocycles. The molecule has 1 aliphatic rings. The number of likely N-dealkylation sites (N-methyl/N-ethyl adjacent to an activating group) is 1. The second-order valence-corrected chi connectivity index (χ2v) is 4.42. The number of hydrogen-bond acceptors (Lipinski definition) is 2. The Morgan fingerprint density at radius 1 is 1.33 bits per heavy atom. The maximum atomic E-state index is 4.50. The summed E-state index contributed by atoms with van der Waals surface area (Å²) < 4.78 is 0. The summed E-state index contributed by atoms with van der Waals surface area (Å²) in [5.74, 6) is 0. The molecule has 2 rings (SSSR count). The fourth-order valence-electron chi connectivity index (χ4n) is 2.22. The Kier molecular flexibility index (Phi) is 2.87. The van der Waals surface area contributed by atoms with Crippen LogP contribution >= 0.6 is 0 Å². The molecule has 0 N–H and O–H groups in total. The summed E-state index contributed by atoms with van der Waals surface area (Å²) in [5, 5.41) is 0. The molecular formula is C13H18N2. The Morgan fingerprint density at radius 2 is 2.13 bits per heavy atom. The van der Waals surface area contributed by atoms with Crippen LogP contribution in [0, 0.1) is 6.92 Å². The van der Waals surface area contributed by atoms with Crippen LogP contribution in [0.15, 0.2) is 23.9 Å². The largest absolute Gasteiger partial charge is 0.302 e. The first-order valence-corrected chi connectivity index (χ1v) is 5.47.